The van der Waals surface area contributed by atoms with Crippen molar-refractivity contribution in [2.75, 3.05) is 6.66 Å². The SMILES string of the molecule is CC1C(C)P1C. The van der Waals surface area contributed by atoms with E-state index in [1.54, 1.807) is 0 Å². The van der Waals surface area contributed by atoms with Gasteiger partial charge in [-0.15, -0.1) is 7.92 Å². The Morgan fingerprint density at radius 2 is 1.33 bits per heavy atom. The van der Waals surface area contributed by atoms with Crippen LogP contribution in [0.25, 0.3) is 0 Å². The first kappa shape index (κ1) is 4.59. The van der Waals surface area contributed by atoms with Gasteiger partial charge in [0.2, 0.25) is 0 Å². The van der Waals surface area contributed by atoms with Crippen LogP contribution < -0.4 is 0 Å². The molecular formula is C5H11P. The van der Waals surface area contributed by atoms with E-state index in [0.717, 1.165) is 11.3 Å². The van der Waals surface area contributed by atoms with Crippen LogP contribution in [0.2, 0.25) is 0 Å². The van der Waals surface area contributed by atoms with E-state index in [9.17, 15) is 0 Å². The highest BCUT2D eigenvalue weighted by Gasteiger charge is 2.37. The van der Waals surface area contributed by atoms with Gasteiger partial charge in [0.05, 0.1) is 0 Å². The molecule has 0 aliphatic carbocycles. The van der Waals surface area contributed by atoms with E-state index >= 15 is 0 Å². The van der Waals surface area contributed by atoms with E-state index in [2.05, 4.69) is 20.5 Å². The molecule has 0 bridgehead atoms. The van der Waals surface area contributed by atoms with Crippen LogP contribution in [-0.2, 0) is 0 Å². The van der Waals surface area contributed by atoms with Gasteiger partial charge in [0.15, 0.2) is 0 Å². The van der Waals surface area contributed by atoms with Gasteiger partial charge in [-0.2, -0.15) is 0 Å². The molecule has 0 N–H and O–H groups in total. The highest BCUT2D eigenvalue weighted by molar-refractivity contribution is 7.66. The van der Waals surface area contributed by atoms with Crippen molar-refractivity contribution in [1.29, 1.82) is 0 Å². The minimum atomic E-state index is 0.507. The third kappa shape index (κ3) is 0.479. The zero-order chi connectivity index (χ0) is 4.73. The first-order valence-electron chi connectivity index (χ1n) is 2.45. The van der Waals surface area contributed by atoms with E-state index < -0.39 is 0 Å². The molecule has 2 unspecified atom stereocenters. The quantitative estimate of drug-likeness (QED) is 0.410. The Morgan fingerprint density at radius 1 is 1.17 bits per heavy atom. The first-order valence-corrected chi connectivity index (χ1v) is 4.38. The molecule has 0 aromatic heterocycles. The standard InChI is InChI=1S/C5H11P/c1-4-5(2)6(4)3/h4-5H,1-3H3. The van der Waals surface area contributed by atoms with Crippen molar-refractivity contribution in [3.63, 3.8) is 0 Å². The van der Waals surface area contributed by atoms with E-state index in [-0.39, 0.29) is 0 Å². The lowest BCUT2D eigenvalue weighted by atomic mass is 10.4. The van der Waals surface area contributed by atoms with Gasteiger partial charge in [-0.05, 0) is 18.0 Å². The smallest absolute Gasteiger partial charge is 0.0172 e. The summed E-state index contributed by atoms with van der Waals surface area (Å²) in [6.07, 6.45) is 0. The molecule has 0 amide bonds. The van der Waals surface area contributed by atoms with Crippen LogP contribution >= 0.6 is 7.92 Å². The maximum Gasteiger partial charge on any atom is -0.0172 e. The highest BCUT2D eigenvalue weighted by Crippen LogP contribution is 2.62. The van der Waals surface area contributed by atoms with Gasteiger partial charge < -0.3 is 0 Å². The van der Waals surface area contributed by atoms with Gasteiger partial charge in [-0.1, -0.05) is 13.8 Å². The molecular weight excluding hydrogens is 91.0 g/mol. The second kappa shape index (κ2) is 1.20. The third-order valence-electron chi connectivity index (χ3n) is 1.89. The van der Waals surface area contributed by atoms with E-state index in [1.807, 2.05) is 0 Å². The average Bonchev–Trinajstić information content (AvgIpc) is 1.94. The fourth-order valence-electron chi connectivity index (χ4n) is 0.686. The predicted molar refractivity (Wildman–Crippen MR) is 31.8 cm³/mol. The van der Waals surface area contributed by atoms with Gasteiger partial charge in [0, 0.05) is 0 Å². The summed E-state index contributed by atoms with van der Waals surface area (Å²) >= 11 is 0. The van der Waals surface area contributed by atoms with Crippen molar-refractivity contribution < 1.29 is 0 Å². The van der Waals surface area contributed by atoms with Gasteiger partial charge >= 0.3 is 0 Å². The van der Waals surface area contributed by atoms with E-state index in [0.29, 0.717) is 7.92 Å². The summed E-state index contributed by atoms with van der Waals surface area (Å²) in [6.45, 7) is 7.07. The molecule has 0 nitrogen and oxygen atoms in total. The Labute approximate surface area is 40.7 Å². The molecule has 1 rings (SSSR count). The number of hydrogen-bond donors (Lipinski definition) is 0. The molecule has 0 aromatic rings. The summed E-state index contributed by atoms with van der Waals surface area (Å²) in [7, 11) is 0.507. The van der Waals surface area contributed by atoms with Crippen LogP contribution in [0.15, 0.2) is 0 Å². The van der Waals surface area contributed by atoms with Crippen LogP contribution in [0.3, 0.4) is 0 Å². The van der Waals surface area contributed by atoms with Crippen LogP contribution in [-0.4, -0.2) is 18.0 Å². The zero-order valence-corrected chi connectivity index (χ0v) is 5.50. The van der Waals surface area contributed by atoms with Crippen molar-refractivity contribution in [3.8, 4) is 0 Å². The summed E-state index contributed by atoms with van der Waals surface area (Å²) in [4.78, 5) is 0. The monoisotopic (exact) mass is 102 g/mol. The first-order chi connectivity index (χ1) is 2.73. The van der Waals surface area contributed by atoms with Crippen molar-refractivity contribution in [3.05, 3.63) is 0 Å². The van der Waals surface area contributed by atoms with Crippen molar-refractivity contribution in [2.24, 2.45) is 0 Å². The summed E-state index contributed by atoms with van der Waals surface area (Å²) in [5.41, 5.74) is 2.17. The topological polar surface area (TPSA) is 0 Å². The molecule has 1 heteroatoms. The molecule has 1 aliphatic heterocycles. The van der Waals surface area contributed by atoms with Crippen molar-refractivity contribution >= 4 is 7.92 Å². The average molecular weight is 102 g/mol. The number of hydrogen-bond acceptors (Lipinski definition) is 0. The second-order valence-electron chi connectivity index (χ2n) is 2.15. The summed E-state index contributed by atoms with van der Waals surface area (Å²) in [5, 5.41) is 0. The molecule has 1 aliphatic rings. The van der Waals surface area contributed by atoms with Gasteiger partial charge in [0.1, 0.15) is 0 Å². The Hall–Kier alpha value is 0.430. The van der Waals surface area contributed by atoms with Gasteiger partial charge in [-0.25, -0.2) is 0 Å². The minimum absolute atomic E-state index is 0.507. The fraction of sp³-hybridized carbons (Fsp3) is 1.00. The zero-order valence-electron chi connectivity index (χ0n) is 4.60. The molecule has 0 saturated carbocycles. The van der Waals surface area contributed by atoms with E-state index in [1.165, 1.54) is 0 Å². The lowest BCUT2D eigenvalue weighted by molar-refractivity contribution is 1.05. The third-order valence-corrected chi connectivity index (χ3v) is 5.01. The van der Waals surface area contributed by atoms with Crippen LogP contribution in [0.4, 0.5) is 0 Å². The fourth-order valence-corrected chi connectivity index (χ4v) is 2.46. The summed E-state index contributed by atoms with van der Waals surface area (Å²) in [6, 6.07) is 0. The number of rotatable bonds is 0. The molecule has 0 radical (unpaired) electrons. The molecule has 0 aromatic carbocycles. The van der Waals surface area contributed by atoms with Crippen LogP contribution in [0.5, 0.6) is 0 Å². The van der Waals surface area contributed by atoms with Crippen molar-refractivity contribution in [1.82, 2.24) is 0 Å². The van der Waals surface area contributed by atoms with E-state index in [4.69, 9.17) is 0 Å². The van der Waals surface area contributed by atoms with Gasteiger partial charge in [0.25, 0.3) is 0 Å². The van der Waals surface area contributed by atoms with Crippen molar-refractivity contribution in [2.45, 2.75) is 25.2 Å². The maximum atomic E-state index is 2.38. The molecule has 6 heavy (non-hydrogen) atoms. The van der Waals surface area contributed by atoms with Crippen LogP contribution in [0, 0.1) is 0 Å². The Kier molecular flexibility index (Phi) is 0.916. The molecule has 36 valence electrons. The van der Waals surface area contributed by atoms with Gasteiger partial charge in [-0.3, -0.25) is 0 Å². The largest absolute Gasteiger partial charge is 0.103 e. The Morgan fingerprint density at radius 3 is 1.33 bits per heavy atom. The second-order valence-corrected chi connectivity index (χ2v) is 5.11. The Balaban J connectivity index is 2.31. The lowest BCUT2D eigenvalue weighted by Crippen LogP contribution is -1.74. The molecule has 1 heterocycles. The highest BCUT2D eigenvalue weighted by atomic mass is 31.1. The minimum Gasteiger partial charge on any atom is -0.103 e. The molecule has 1 fully saturated rings. The molecule has 1 saturated heterocycles. The normalized spacial score (nSPS) is 55.5. The predicted octanol–water partition coefficient (Wildman–Crippen LogP) is 1.89. The maximum absolute atomic E-state index is 2.38. The molecule has 2 atom stereocenters. The van der Waals surface area contributed by atoms with Crippen LogP contribution in [0.1, 0.15) is 13.8 Å². The Bertz CT molecular complexity index is 40.7. The lowest BCUT2D eigenvalue weighted by Gasteiger charge is -1.69. The summed E-state index contributed by atoms with van der Waals surface area (Å²) in [5.74, 6) is 0. The molecule has 0 spiro atoms. The summed E-state index contributed by atoms with van der Waals surface area (Å²) < 4.78 is 0.